The molecule has 0 aliphatic carbocycles. The molecule has 0 unspecified atom stereocenters. The van der Waals surface area contributed by atoms with Gasteiger partial charge in [0, 0.05) is 38.6 Å². The average Bonchev–Trinajstić information content (AvgIpc) is 3.01. The maximum Gasteiger partial charge on any atom is 0.410 e. The van der Waals surface area contributed by atoms with Crippen molar-refractivity contribution in [2.24, 2.45) is 10.7 Å². The van der Waals surface area contributed by atoms with Gasteiger partial charge in [-0.25, -0.2) is 14.8 Å². The molecule has 0 aromatic carbocycles. The van der Waals surface area contributed by atoms with Gasteiger partial charge in [0.05, 0.1) is 12.2 Å². The molecule has 3 heterocycles. The topological polar surface area (TPSA) is 88.5 Å². The molecule has 2 aromatic heterocycles. The minimum absolute atomic E-state index is 0. The second-order valence-corrected chi connectivity index (χ2v) is 7.33. The van der Waals surface area contributed by atoms with Crippen molar-refractivity contribution in [2.45, 2.75) is 32.9 Å². The Kier molecular flexibility index (Phi) is 6.90. The van der Waals surface area contributed by atoms with Crippen molar-refractivity contribution in [3.8, 4) is 0 Å². The summed E-state index contributed by atoms with van der Waals surface area (Å²) in [6.45, 7) is 8.44. The average molecular weight is 486 g/mol. The number of carbonyl (C=O) groups excluding carboxylic acids is 1. The minimum atomic E-state index is -0.483. The van der Waals surface area contributed by atoms with Gasteiger partial charge in [-0.2, -0.15) is 0 Å². The third kappa shape index (κ3) is 5.72. The first-order valence-corrected chi connectivity index (χ1v) is 8.77. The number of pyridine rings is 1. The molecule has 9 heteroatoms. The van der Waals surface area contributed by atoms with E-state index in [2.05, 4.69) is 9.98 Å². The zero-order chi connectivity index (χ0) is 18.7. The number of imidazole rings is 1. The molecule has 2 aromatic rings. The van der Waals surface area contributed by atoms with Crippen LogP contribution in [0.3, 0.4) is 0 Å². The molecule has 2 N–H and O–H groups in total. The normalized spacial score (nSPS) is 15.6. The zero-order valence-corrected chi connectivity index (χ0v) is 18.3. The first kappa shape index (κ1) is 21.3. The molecule has 1 aliphatic heterocycles. The van der Waals surface area contributed by atoms with E-state index in [-0.39, 0.29) is 30.1 Å². The van der Waals surface area contributed by atoms with Crippen LogP contribution in [-0.2, 0) is 11.3 Å². The van der Waals surface area contributed by atoms with Gasteiger partial charge < -0.3 is 24.7 Å². The predicted molar refractivity (Wildman–Crippen MR) is 115 cm³/mol. The van der Waals surface area contributed by atoms with Gasteiger partial charge >= 0.3 is 6.09 Å². The number of fused-ring (bicyclic) bond motifs is 1. The number of rotatable bonds is 2. The predicted octanol–water partition coefficient (Wildman–Crippen LogP) is 2.32. The summed E-state index contributed by atoms with van der Waals surface area (Å²) in [6, 6.07) is 5.86. The smallest absolute Gasteiger partial charge is 0.410 e. The number of guanidine groups is 1. The number of halogens is 1. The Bertz CT molecular complexity index is 773. The number of aliphatic imine (C=N–C) groups is 1. The van der Waals surface area contributed by atoms with E-state index in [0.717, 1.165) is 11.3 Å². The lowest BCUT2D eigenvalue weighted by Crippen LogP contribution is -2.53. The molecule has 0 atom stereocenters. The Morgan fingerprint density at radius 2 is 1.89 bits per heavy atom. The van der Waals surface area contributed by atoms with Gasteiger partial charge in [-0.1, -0.05) is 6.07 Å². The molecule has 148 valence electrons. The molecular formula is C18H27IN6O2. The SMILES string of the molecule is CC(C)(C)OC(=O)N1CCN(C(N)=NCc2cn3ccccc3n2)CC1.I. The summed E-state index contributed by atoms with van der Waals surface area (Å²) >= 11 is 0. The summed E-state index contributed by atoms with van der Waals surface area (Å²) in [5, 5.41) is 0. The molecule has 0 spiro atoms. The molecule has 8 nitrogen and oxygen atoms in total. The van der Waals surface area contributed by atoms with Crippen LogP contribution < -0.4 is 5.73 Å². The highest BCUT2D eigenvalue weighted by Gasteiger charge is 2.26. The van der Waals surface area contributed by atoms with Crippen LogP contribution in [0.1, 0.15) is 26.5 Å². The van der Waals surface area contributed by atoms with Crippen LogP contribution in [0.5, 0.6) is 0 Å². The third-order valence-corrected chi connectivity index (χ3v) is 4.07. The van der Waals surface area contributed by atoms with E-state index >= 15 is 0 Å². The van der Waals surface area contributed by atoms with Crippen molar-refractivity contribution in [2.75, 3.05) is 26.2 Å². The number of aromatic nitrogens is 2. The molecule has 1 amide bonds. The zero-order valence-electron chi connectivity index (χ0n) is 16.0. The molecule has 1 fully saturated rings. The van der Waals surface area contributed by atoms with E-state index in [1.54, 1.807) is 4.90 Å². The van der Waals surface area contributed by atoms with Gasteiger partial charge in [-0.3, -0.25) is 0 Å². The van der Waals surface area contributed by atoms with Gasteiger partial charge in [0.15, 0.2) is 5.96 Å². The van der Waals surface area contributed by atoms with Crippen LogP contribution in [0.25, 0.3) is 5.65 Å². The Balaban J connectivity index is 0.00000261. The van der Waals surface area contributed by atoms with Crippen LogP contribution in [-0.4, -0.2) is 63.0 Å². The monoisotopic (exact) mass is 486 g/mol. The lowest BCUT2D eigenvalue weighted by Gasteiger charge is -2.36. The Hall–Kier alpha value is -2.04. The summed E-state index contributed by atoms with van der Waals surface area (Å²) in [5.74, 6) is 0.478. The van der Waals surface area contributed by atoms with E-state index in [4.69, 9.17) is 10.5 Å². The Morgan fingerprint density at radius 3 is 2.52 bits per heavy atom. The maximum absolute atomic E-state index is 12.1. The number of carbonyl (C=O) groups is 1. The number of nitrogens with two attached hydrogens (primary N) is 1. The Labute approximate surface area is 176 Å². The molecule has 1 saturated heterocycles. The largest absolute Gasteiger partial charge is 0.444 e. The number of amides is 1. The summed E-state index contributed by atoms with van der Waals surface area (Å²) in [7, 11) is 0. The van der Waals surface area contributed by atoms with Crippen molar-refractivity contribution >= 4 is 41.7 Å². The van der Waals surface area contributed by atoms with Gasteiger partial charge in [-0.05, 0) is 32.9 Å². The van der Waals surface area contributed by atoms with E-state index in [1.807, 2.05) is 60.7 Å². The first-order valence-electron chi connectivity index (χ1n) is 8.77. The summed E-state index contributed by atoms with van der Waals surface area (Å²) in [5.41, 5.74) is 7.40. The summed E-state index contributed by atoms with van der Waals surface area (Å²) in [4.78, 5) is 24.8. The van der Waals surface area contributed by atoms with Crippen LogP contribution in [0.15, 0.2) is 35.6 Å². The number of piperazine rings is 1. The number of ether oxygens (including phenoxy) is 1. The highest BCUT2D eigenvalue weighted by molar-refractivity contribution is 14.0. The van der Waals surface area contributed by atoms with Crippen LogP contribution in [0, 0.1) is 0 Å². The lowest BCUT2D eigenvalue weighted by atomic mass is 10.2. The highest BCUT2D eigenvalue weighted by Crippen LogP contribution is 2.12. The first-order chi connectivity index (χ1) is 12.3. The van der Waals surface area contributed by atoms with Crippen molar-refractivity contribution in [3.63, 3.8) is 0 Å². The van der Waals surface area contributed by atoms with Gasteiger partial charge in [0.25, 0.3) is 0 Å². The van der Waals surface area contributed by atoms with Crippen molar-refractivity contribution in [1.29, 1.82) is 0 Å². The summed E-state index contributed by atoms with van der Waals surface area (Å²) < 4.78 is 7.36. The van der Waals surface area contributed by atoms with E-state index in [9.17, 15) is 4.79 Å². The number of nitrogens with zero attached hydrogens (tertiary/aromatic N) is 5. The fraction of sp³-hybridized carbons (Fsp3) is 0.500. The number of hydrogen-bond acceptors (Lipinski definition) is 4. The second kappa shape index (κ2) is 8.77. The van der Waals surface area contributed by atoms with Crippen LogP contribution in [0.2, 0.25) is 0 Å². The minimum Gasteiger partial charge on any atom is -0.444 e. The van der Waals surface area contributed by atoms with Crippen molar-refractivity contribution in [1.82, 2.24) is 19.2 Å². The fourth-order valence-corrected chi connectivity index (χ4v) is 2.77. The Morgan fingerprint density at radius 1 is 1.22 bits per heavy atom. The van der Waals surface area contributed by atoms with E-state index in [1.165, 1.54) is 0 Å². The van der Waals surface area contributed by atoms with Crippen LogP contribution >= 0.6 is 24.0 Å². The molecule has 0 radical (unpaired) electrons. The molecule has 0 bridgehead atoms. The molecule has 1 aliphatic rings. The molecular weight excluding hydrogens is 459 g/mol. The van der Waals surface area contributed by atoms with E-state index in [0.29, 0.717) is 38.7 Å². The standard InChI is InChI=1S/C18H26N6O2.HI/c1-18(2,3)26-17(25)23-10-8-22(9-11-23)16(19)20-12-14-13-24-7-5-4-6-15(24)21-14;/h4-7,13H,8-12H2,1-3H3,(H2,19,20);1H. The fourth-order valence-electron chi connectivity index (χ4n) is 2.77. The second-order valence-electron chi connectivity index (χ2n) is 7.33. The highest BCUT2D eigenvalue weighted by atomic mass is 127. The van der Waals surface area contributed by atoms with Crippen molar-refractivity contribution < 1.29 is 9.53 Å². The lowest BCUT2D eigenvalue weighted by molar-refractivity contribution is 0.0186. The third-order valence-electron chi connectivity index (χ3n) is 4.07. The number of hydrogen-bond donors (Lipinski definition) is 1. The van der Waals surface area contributed by atoms with Gasteiger partial charge in [-0.15, -0.1) is 24.0 Å². The van der Waals surface area contributed by atoms with E-state index < -0.39 is 5.60 Å². The van der Waals surface area contributed by atoms with Gasteiger partial charge in [0.2, 0.25) is 0 Å². The molecule has 3 rings (SSSR count). The molecule has 27 heavy (non-hydrogen) atoms. The molecule has 0 saturated carbocycles. The quantitative estimate of drug-likeness (QED) is 0.400. The van der Waals surface area contributed by atoms with Gasteiger partial charge in [0.1, 0.15) is 11.2 Å². The maximum atomic E-state index is 12.1. The van der Waals surface area contributed by atoms with Crippen LogP contribution in [0.4, 0.5) is 4.79 Å². The summed E-state index contributed by atoms with van der Waals surface area (Å²) in [6.07, 6.45) is 3.62. The van der Waals surface area contributed by atoms with Crippen molar-refractivity contribution in [3.05, 3.63) is 36.3 Å².